The number of hydrogen-bond donors (Lipinski definition) is 3. The van der Waals surface area contributed by atoms with Gasteiger partial charge in [-0.3, -0.25) is 4.79 Å². The van der Waals surface area contributed by atoms with Crippen molar-refractivity contribution in [2.24, 2.45) is 5.92 Å². The third-order valence-electron chi connectivity index (χ3n) is 5.67. The molecule has 0 radical (unpaired) electrons. The van der Waals surface area contributed by atoms with Crippen molar-refractivity contribution in [2.75, 3.05) is 0 Å². The number of phenolic OH excluding ortho intramolecular Hbond substituents is 2. The van der Waals surface area contributed by atoms with Gasteiger partial charge in [0.2, 0.25) is 0 Å². The minimum absolute atomic E-state index is 0.117. The third-order valence-corrected chi connectivity index (χ3v) is 5.67. The second-order valence-electron chi connectivity index (χ2n) is 8.13. The zero-order chi connectivity index (χ0) is 20.5. The molecule has 0 spiro atoms. The number of aromatic hydroxyl groups is 2. The molecule has 0 bridgehead atoms. The van der Waals surface area contributed by atoms with Gasteiger partial charge in [0.15, 0.2) is 5.78 Å². The first-order valence-corrected chi connectivity index (χ1v) is 9.65. The monoisotopic (exact) mass is 376 g/mol. The number of ketones is 1. The first kappa shape index (κ1) is 21.3. The van der Waals surface area contributed by atoms with Gasteiger partial charge in [0, 0.05) is 23.5 Å². The molecule has 0 fully saturated rings. The number of aliphatic hydroxyl groups excluding tert-OH is 1. The lowest BCUT2D eigenvalue weighted by Gasteiger charge is -2.41. The number of phenols is 2. The summed E-state index contributed by atoms with van der Waals surface area (Å²) in [4.78, 5) is 12.9. The molecule has 2 rings (SSSR count). The summed E-state index contributed by atoms with van der Waals surface area (Å²) in [5, 5.41) is 31.8. The Bertz CT molecular complexity index is 761. The van der Waals surface area contributed by atoms with Crippen LogP contribution in [0.2, 0.25) is 0 Å². The molecule has 1 heterocycles. The highest BCUT2D eigenvalue weighted by atomic mass is 16.5. The first-order chi connectivity index (χ1) is 12.5. The van der Waals surface area contributed by atoms with Gasteiger partial charge in [-0.05, 0) is 47.0 Å². The standard InChI is InChI=1S/C22H32O5/c1-7-13(4)18(24)17-20(26)14(5)19(25)15-11-16(23)22(6,27-21(15)17)10-8-9-12(2)3/h9,13,16,23,25-26H,7-8,10-11H2,1-6H3/t13-,16-,22+/m1/s1. The quantitative estimate of drug-likeness (QED) is 0.505. The van der Waals surface area contributed by atoms with Crippen molar-refractivity contribution in [1.29, 1.82) is 0 Å². The zero-order valence-corrected chi connectivity index (χ0v) is 17.2. The van der Waals surface area contributed by atoms with Crippen LogP contribution in [-0.4, -0.2) is 32.8 Å². The van der Waals surface area contributed by atoms with Gasteiger partial charge in [0.1, 0.15) is 28.4 Å². The smallest absolute Gasteiger partial charge is 0.173 e. The zero-order valence-electron chi connectivity index (χ0n) is 17.2. The van der Waals surface area contributed by atoms with Gasteiger partial charge in [-0.15, -0.1) is 0 Å². The summed E-state index contributed by atoms with van der Waals surface area (Å²) in [5.74, 6) is -0.632. The maximum absolute atomic E-state index is 12.9. The van der Waals surface area contributed by atoms with Crippen molar-refractivity contribution in [3.63, 3.8) is 0 Å². The number of benzene rings is 1. The molecule has 1 aliphatic heterocycles. The van der Waals surface area contributed by atoms with Crippen molar-refractivity contribution in [2.45, 2.75) is 78.9 Å². The Morgan fingerprint density at radius 1 is 1.33 bits per heavy atom. The van der Waals surface area contributed by atoms with Crippen molar-refractivity contribution in [1.82, 2.24) is 0 Å². The summed E-state index contributed by atoms with van der Waals surface area (Å²) in [5.41, 5.74) is 1.03. The van der Waals surface area contributed by atoms with Crippen LogP contribution in [-0.2, 0) is 6.42 Å². The summed E-state index contributed by atoms with van der Waals surface area (Å²) in [6.07, 6.45) is 3.35. The van der Waals surface area contributed by atoms with E-state index >= 15 is 0 Å². The number of aliphatic hydroxyl groups is 1. The lowest BCUT2D eigenvalue weighted by molar-refractivity contribution is -0.0597. The highest BCUT2D eigenvalue weighted by molar-refractivity contribution is 6.04. The predicted octanol–water partition coefficient (Wildman–Crippen LogP) is 4.44. The molecule has 3 atom stereocenters. The van der Waals surface area contributed by atoms with Crippen LogP contribution in [0.5, 0.6) is 17.2 Å². The van der Waals surface area contributed by atoms with E-state index in [1.807, 2.05) is 34.6 Å². The van der Waals surface area contributed by atoms with Crippen LogP contribution < -0.4 is 4.74 Å². The van der Waals surface area contributed by atoms with E-state index in [-0.39, 0.29) is 46.5 Å². The number of allylic oxidation sites excluding steroid dienone is 2. The maximum Gasteiger partial charge on any atom is 0.173 e. The normalized spacial score (nSPS) is 22.6. The largest absolute Gasteiger partial charge is 0.507 e. The Balaban J connectivity index is 2.56. The van der Waals surface area contributed by atoms with E-state index < -0.39 is 11.7 Å². The van der Waals surface area contributed by atoms with Crippen molar-refractivity contribution in [3.8, 4) is 17.2 Å². The molecule has 5 nitrogen and oxygen atoms in total. The van der Waals surface area contributed by atoms with E-state index in [2.05, 4.69) is 6.08 Å². The molecule has 0 saturated carbocycles. The Kier molecular flexibility index (Phi) is 6.25. The molecular formula is C22H32O5. The van der Waals surface area contributed by atoms with E-state index in [0.717, 1.165) is 6.42 Å². The number of Topliss-reactive ketones (excluding diaryl/α,β-unsaturated/α-hetero) is 1. The van der Waals surface area contributed by atoms with Crippen LogP contribution in [0.25, 0.3) is 0 Å². The van der Waals surface area contributed by atoms with Gasteiger partial charge in [0.05, 0.1) is 6.10 Å². The fourth-order valence-corrected chi connectivity index (χ4v) is 3.43. The molecule has 0 amide bonds. The highest BCUT2D eigenvalue weighted by Gasteiger charge is 2.43. The number of rotatable bonds is 6. The minimum Gasteiger partial charge on any atom is -0.507 e. The molecule has 0 aliphatic carbocycles. The Morgan fingerprint density at radius 2 is 1.96 bits per heavy atom. The van der Waals surface area contributed by atoms with E-state index in [1.54, 1.807) is 6.92 Å². The van der Waals surface area contributed by atoms with Crippen molar-refractivity contribution < 1.29 is 24.9 Å². The fraction of sp³-hybridized carbons (Fsp3) is 0.591. The lowest BCUT2D eigenvalue weighted by atomic mass is 9.82. The summed E-state index contributed by atoms with van der Waals surface area (Å²) in [6, 6.07) is 0. The predicted molar refractivity (Wildman–Crippen MR) is 106 cm³/mol. The van der Waals surface area contributed by atoms with E-state index in [0.29, 0.717) is 18.4 Å². The number of fused-ring (bicyclic) bond motifs is 1. The number of carbonyl (C=O) groups is 1. The molecule has 1 aromatic carbocycles. The lowest BCUT2D eigenvalue weighted by Crippen LogP contribution is -2.49. The topological polar surface area (TPSA) is 87.0 Å². The van der Waals surface area contributed by atoms with Crippen LogP contribution in [0.15, 0.2) is 11.6 Å². The summed E-state index contributed by atoms with van der Waals surface area (Å²) < 4.78 is 6.16. The van der Waals surface area contributed by atoms with Crippen LogP contribution in [0, 0.1) is 12.8 Å². The second kappa shape index (κ2) is 7.93. The van der Waals surface area contributed by atoms with E-state index in [4.69, 9.17) is 4.74 Å². The molecule has 0 saturated heterocycles. The molecule has 3 N–H and O–H groups in total. The maximum atomic E-state index is 12.9. The van der Waals surface area contributed by atoms with Gasteiger partial charge >= 0.3 is 0 Å². The van der Waals surface area contributed by atoms with Crippen LogP contribution in [0.4, 0.5) is 0 Å². The van der Waals surface area contributed by atoms with Crippen LogP contribution in [0.3, 0.4) is 0 Å². The average molecular weight is 376 g/mol. The van der Waals surface area contributed by atoms with Gasteiger partial charge in [0.25, 0.3) is 0 Å². The minimum atomic E-state index is -0.905. The summed E-state index contributed by atoms with van der Waals surface area (Å²) in [7, 11) is 0. The molecule has 5 heteroatoms. The van der Waals surface area contributed by atoms with Crippen molar-refractivity contribution in [3.05, 3.63) is 28.3 Å². The van der Waals surface area contributed by atoms with Gasteiger partial charge in [-0.1, -0.05) is 25.5 Å². The number of ether oxygens (including phenoxy) is 1. The molecule has 0 unspecified atom stereocenters. The summed E-state index contributed by atoms with van der Waals surface area (Å²) in [6.45, 7) is 11.1. The molecule has 150 valence electrons. The van der Waals surface area contributed by atoms with Crippen LogP contribution in [0.1, 0.15) is 75.4 Å². The van der Waals surface area contributed by atoms with Crippen molar-refractivity contribution >= 4 is 5.78 Å². The van der Waals surface area contributed by atoms with E-state index in [9.17, 15) is 20.1 Å². The number of hydrogen-bond acceptors (Lipinski definition) is 5. The summed E-state index contributed by atoms with van der Waals surface area (Å²) >= 11 is 0. The highest BCUT2D eigenvalue weighted by Crippen LogP contribution is 2.48. The Morgan fingerprint density at radius 3 is 2.52 bits per heavy atom. The Hall–Kier alpha value is -2.01. The SMILES string of the molecule is CC[C@@H](C)C(=O)c1c(O)c(C)c(O)c2c1O[C@@](C)(CCC=C(C)C)[C@H](O)C2. The second-order valence-corrected chi connectivity index (χ2v) is 8.13. The van der Waals surface area contributed by atoms with Gasteiger partial charge in [-0.25, -0.2) is 0 Å². The average Bonchev–Trinajstić information content (AvgIpc) is 2.61. The first-order valence-electron chi connectivity index (χ1n) is 9.65. The number of carbonyl (C=O) groups excluding carboxylic acids is 1. The molecule has 0 aromatic heterocycles. The fourth-order valence-electron chi connectivity index (χ4n) is 3.43. The Labute approximate surface area is 161 Å². The van der Waals surface area contributed by atoms with Gasteiger partial charge in [-0.2, -0.15) is 0 Å². The van der Waals surface area contributed by atoms with Gasteiger partial charge < -0.3 is 20.1 Å². The molecule has 1 aromatic rings. The third kappa shape index (κ3) is 3.98. The molecule has 27 heavy (non-hydrogen) atoms. The van der Waals surface area contributed by atoms with E-state index in [1.165, 1.54) is 5.57 Å². The van der Waals surface area contributed by atoms with Crippen LogP contribution >= 0.6 is 0 Å². The molecular weight excluding hydrogens is 344 g/mol. The molecule has 1 aliphatic rings.